The Bertz CT molecular complexity index is 122. The molecule has 11 heavy (non-hydrogen) atoms. The number of rotatable bonds is 3. The highest BCUT2D eigenvalue weighted by Gasteiger charge is 2.41. The van der Waals surface area contributed by atoms with Crippen molar-refractivity contribution in [1.29, 1.82) is 0 Å². The quantitative estimate of drug-likeness (QED) is 0.682. The molecule has 0 aliphatic carbocycles. The maximum atomic E-state index is 12.8. The number of aliphatic hydroxyl groups is 1. The van der Waals surface area contributed by atoms with Gasteiger partial charge in [0.2, 0.25) is 0 Å². The number of halogens is 2. The van der Waals surface area contributed by atoms with Gasteiger partial charge in [-0.2, -0.15) is 0 Å². The summed E-state index contributed by atoms with van der Waals surface area (Å²) in [5, 5.41) is 8.33. The van der Waals surface area contributed by atoms with Crippen LogP contribution in [0.3, 0.4) is 0 Å². The Morgan fingerprint density at radius 2 is 2.27 bits per heavy atom. The van der Waals surface area contributed by atoms with Gasteiger partial charge in [0.15, 0.2) is 0 Å². The maximum Gasteiger partial charge on any atom is 0.275 e. The van der Waals surface area contributed by atoms with Gasteiger partial charge in [-0.3, -0.25) is 0 Å². The van der Waals surface area contributed by atoms with Crippen molar-refractivity contribution in [1.82, 2.24) is 0 Å². The zero-order valence-corrected chi connectivity index (χ0v) is 6.22. The Balaban J connectivity index is 2.41. The molecule has 0 radical (unpaired) electrons. The van der Waals surface area contributed by atoms with E-state index in [9.17, 15) is 8.78 Å². The van der Waals surface area contributed by atoms with E-state index in [2.05, 4.69) is 0 Å². The van der Waals surface area contributed by atoms with Crippen molar-refractivity contribution in [2.45, 2.75) is 31.3 Å². The number of aliphatic hydroxyl groups excluding tert-OH is 1. The van der Waals surface area contributed by atoms with Crippen molar-refractivity contribution in [3.63, 3.8) is 0 Å². The summed E-state index contributed by atoms with van der Waals surface area (Å²) in [6, 6.07) is 0. The Labute approximate surface area is 64.2 Å². The molecular formula is C7H12F2O2. The molecule has 2 nitrogen and oxygen atoms in total. The van der Waals surface area contributed by atoms with Crippen LogP contribution >= 0.6 is 0 Å². The molecule has 1 N–H and O–H groups in total. The average Bonchev–Trinajstić information content (AvgIpc) is 2.37. The van der Waals surface area contributed by atoms with Crippen LogP contribution in [0.15, 0.2) is 0 Å². The van der Waals surface area contributed by atoms with Gasteiger partial charge in [0.25, 0.3) is 5.92 Å². The summed E-state index contributed by atoms with van der Waals surface area (Å²) in [5.74, 6) is -2.84. The SMILES string of the molecule is OCCC(F)(F)C1CCCO1. The molecule has 1 fully saturated rings. The molecular weight excluding hydrogens is 154 g/mol. The second-order valence-corrected chi connectivity index (χ2v) is 2.74. The molecule has 0 bridgehead atoms. The van der Waals surface area contributed by atoms with Gasteiger partial charge in [-0.25, -0.2) is 8.78 Å². The first-order chi connectivity index (χ1) is 5.17. The normalized spacial score (nSPS) is 25.9. The fourth-order valence-electron chi connectivity index (χ4n) is 1.22. The first-order valence-electron chi connectivity index (χ1n) is 3.77. The standard InChI is InChI=1S/C7H12F2O2/c8-7(9,3-4-10)6-2-1-5-11-6/h6,10H,1-5H2. The van der Waals surface area contributed by atoms with Gasteiger partial charge in [0.05, 0.1) is 0 Å². The minimum atomic E-state index is -2.84. The zero-order valence-electron chi connectivity index (χ0n) is 6.22. The summed E-state index contributed by atoms with van der Waals surface area (Å²) < 4.78 is 30.5. The number of hydrogen-bond acceptors (Lipinski definition) is 2. The van der Waals surface area contributed by atoms with E-state index in [1.807, 2.05) is 0 Å². The Kier molecular flexibility index (Phi) is 2.78. The maximum absolute atomic E-state index is 12.8. The van der Waals surface area contributed by atoms with Gasteiger partial charge in [0, 0.05) is 19.6 Å². The molecule has 1 aliphatic heterocycles. The van der Waals surface area contributed by atoms with E-state index in [0.29, 0.717) is 19.4 Å². The number of hydrogen-bond donors (Lipinski definition) is 1. The van der Waals surface area contributed by atoms with Crippen molar-refractivity contribution >= 4 is 0 Å². The molecule has 1 heterocycles. The molecule has 0 saturated carbocycles. The molecule has 66 valence electrons. The highest BCUT2D eigenvalue weighted by Crippen LogP contribution is 2.31. The molecule has 0 amide bonds. The van der Waals surface area contributed by atoms with E-state index in [4.69, 9.17) is 9.84 Å². The first-order valence-corrected chi connectivity index (χ1v) is 3.77. The molecule has 4 heteroatoms. The van der Waals surface area contributed by atoms with Crippen molar-refractivity contribution in [3.8, 4) is 0 Å². The van der Waals surface area contributed by atoms with Gasteiger partial charge in [-0.15, -0.1) is 0 Å². The molecule has 0 spiro atoms. The fraction of sp³-hybridized carbons (Fsp3) is 1.00. The van der Waals surface area contributed by atoms with E-state index in [1.165, 1.54) is 0 Å². The van der Waals surface area contributed by atoms with E-state index < -0.39 is 25.1 Å². The van der Waals surface area contributed by atoms with Gasteiger partial charge < -0.3 is 9.84 Å². The van der Waals surface area contributed by atoms with Crippen LogP contribution in [0.25, 0.3) is 0 Å². The smallest absolute Gasteiger partial charge is 0.275 e. The van der Waals surface area contributed by atoms with Crippen molar-refractivity contribution in [2.75, 3.05) is 13.2 Å². The van der Waals surface area contributed by atoms with Crippen molar-refractivity contribution < 1.29 is 18.6 Å². The fourth-order valence-corrected chi connectivity index (χ4v) is 1.22. The van der Waals surface area contributed by atoms with Gasteiger partial charge >= 0.3 is 0 Å². The van der Waals surface area contributed by atoms with Crippen LogP contribution in [-0.2, 0) is 4.74 Å². The molecule has 0 aromatic rings. The number of alkyl halides is 2. The van der Waals surface area contributed by atoms with Crippen LogP contribution in [0.5, 0.6) is 0 Å². The lowest BCUT2D eigenvalue weighted by Gasteiger charge is -2.21. The highest BCUT2D eigenvalue weighted by molar-refractivity contribution is 4.80. The Morgan fingerprint density at radius 3 is 2.73 bits per heavy atom. The molecule has 1 atom stereocenters. The van der Waals surface area contributed by atoms with E-state index in [1.54, 1.807) is 0 Å². The highest BCUT2D eigenvalue weighted by atomic mass is 19.3. The summed E-state index contributed by atoms with van der Waals surface area (Å²) in [6.07, 6.45) is -0.342. The lowest BCUT2D eigenvalue weighted by atomic mass is 10.1. The van der Waals surface area contributed by atoms with Crippen LogP contribution in [0.1, 0.15) is 19.3 Å². The summed E-state index contributed by atoms with van der Waals surface area (Å²) in [4.78, 5) is 0. The van der Waals surface area contributed by atoms with Crippen molar-refractivity contribution in [3.05, 3.63) is 0 Å². The number of ether oxygens (including phenoxy) is 1. The lowest BCUT2D eigenvalue weighted by Crippen LogP contribution is -2.33. The summed E-state index contributed by atoms with van der Waals surface area (Å²) >= 11 is 0. The Morgan fingerprint density at radius 1 is 1.55 bits per heavy atom. The van der Waals surface area contributed by atoms with E-state index in [-0.39, 0.29) is 0 Å². The molecule has 1 rings (SSSR count). The van der Waals surface area contributed by atoms with Gasteiger partial charge in [0.1, 0.15) is 6.10 Å². The summed E-state index contributed by atoms with van der Waals surface area (Å²) in [5.41, 5.74) is 0. The Hall–Kier alpha value is -0.220. The zero-order chi connectivity index (χ0) is 8.32. The minimum absolute atomic E-state index is 0.410. The lowest BCUT2D eigenvalue weighted by molar-refractivity contribution is -0.125. The largest absolute Gasteiger partial charge is 0.396 e. The third-order valence-corrected chi connectivity index (χ3v) is 1.85. The van der Waals surface area contributed by atoms with Crippen LogP contribution in [0, 0.1) is 0 Å². The van der Waals surface area contributed by atoms with E-state index in [0.717, 1.165) is 0 Å². The topological polar surface area (TPSA) is 29.5 Å². The van der Waals surface area contributed by atoms with Crippen LogP contribution in [0.2, 0.25) is 0 Å². The predicted molar refractivity (Wildman–Crippen MR) is 35.6 cm³/mol. The second kappa shape index (κ2) is 3.45. The van der Waals surface area contributed by atoms with Crippen molar-refractivity contribution in [2.24, 2.45) is 0 Å². The third-order valence-electron chi connectivity index (χ3n) is 1.85. The minimum Gasteiger partial charge on any atom is -0.396 e. The second-order valence-electron chi connectivity index (χ2n) is 2.74. The van der Waals surface area contributed by atoms with Gasteiger partial charge in [-0.05, 0) is 12.8 Å². The summed E-state index contributed by atoms with van der Waals surface area (Å²) in [7, 11) is 0. The van der Waals surface area contributed by atoms with E-state index >= 15 is 0 Å². The molecule has 1 saturated heterocycles. The first kappa shape index (κ1) is 8.87. The molecule has 0 aromatic heterocycles. The molecule has 0 aromatic carbocycles. The molecule has 1 aliphatic rings. The monoisotopic (exact) mass is 166 g/mol. The predicted octanol–water partition coefficient (Wildman–Crippen LogP) is 1.18. The summed E-state index contributed by atoms with van der Waals surface area (Å²) in [6.45, 7) is -0.0570. The average molecular weight is 166 g/mol. The van der Waals surface area contributed by atoms with Crippen LogP contribution in [-0.4, -0.2) is 30.3 Å². The molecule has 1 unspecified atom stereocenters. The van der Waals surface area contributed by atoms with Crippen LogP contribution in [0.4, 0.5) is 8.78 Å². The third kappa shape index (κ3) is 2.10. The van der Waals surface area contributed by atoms with Gasteiger partial charge in [-0.1, -0.05) is 0 Å². The van der Waals surface area contributed by atoms with Crippen LogP contribution < -0.4 is 0 Å².